The molecular weight excluding hydrogens is 343 g/mol. The molecule has 0 spiro atoms. The Labute approximate surface area is 147 Å². The highest BCUT2D eigenvalue weighted by molar-refractivity contribution is 7.91. The molecule has 0 N–H and O–H groups in total. The molecule has 2 saturated heterocycles. The summed E-state index contributed by atoms with van der Waals surface area (Å²) in [6.07, 6.45) is 2.93. The lowest BCUT2D eigenvalue weighted by molar-refractivity contribution is -0.144. The van der Waals surface area contributed by atoms with Crippen molar-refractivity contribution in [2.24, 2.45) is 5.92 Å². The zero-order valence-corrected chi connectivity index (χ0v) is 14.9. The number of carbonyl (C=O) groups is 1. The van der Waals surface area contributed by atoms with Gasteiger partial charge in [0.2, 0.25) is 5.91 Å². The fourth-order valence-corrected chi connectivity index (χ4v) is 6.27. The Kier molecular flexibility index (Phi) is 4.32. The smallest absolute Gasteiger partial charge is 0.226 e. The molecule has 136 valence electrons. The summed E-state index contributed by atoms with van der Waals surface area (Å²) in [5.74, 6) is 0.0615. The standard InChI is InChI=1S/C18H23FN2O3S/c19-15-6-1-3-13(9-15)10-20-7-8-21(18(22)14-4-2-5-14)17-12-25(23,24)11-16(17)20/h1,3,6,9,14,16-17H,2,4-5,7-8,10-12H2/t16-,17+/m0/s1. The van der Waals surface area contributed by atoms with Gasteiger partial charge in [0.15, 0.2) is 9.84 Å². The molecule has 0 radical (unpaired) electrons. The second kappa shape index (κ2) is 6.36. The molecule has 0 aromatic heterocycles. The van der Waals surface area contributed by atoms with Crippen LogP contribution in [0.4, 0.5) is 4.39 Å². The number of benzene rings is 1. The highest BCUT2D eigenvalue weighted by Crippen LogP contribution is 2.33. The summed E-state index contributed by atoms with van der Waals surface area (Å²) < 4.78 is 37.9. The third kappa shape index (κ3) is 3.31. The topological polar surface area (TPSA) is 57.7 Å². The fraction of sp³-hybridized carbons (Fsp3) is 0.611. The summed E-state index contributed by atoms with van der Waals surface area (Å²) in [7, 11) is -3.15. The molecule has 5 nitrogen and oxygen atoms in total. The second-order valence-corrected chi connectivity index (χ2v) is 9.63. The largest absolute Gasteiger partial charge is 0.336 e. The van der Waals surface area contributed by atoms with Crippen molar-refractivity contribution in [3.8, 4) is 0 Å². The van der Waals surface area contributed by atoms with Crippen LogP contribution in [-0.2, 0) is 21.2 Å². The van der Waals surface area contributed by atoms with Gasteiger partial charge in [0, 0.05) is 31.6 Å². The molecule has 1 amide bonds. The van der Waals surface area contributed by atoms with E-state index in [0.717, 1.165) is 24.8 Å². The minimum absolute atomic E-state index is 0.0514. The number of piperazine rings is 1. The Morgan fingerprint density at radius 3 is 2.60 bits per heavy atom. The van der Waals surface area contributed by atoms with Gasteiger partial charge in [-0.25, -0.2) is 12.8 Å². The number of hydrogen-bond donors (Lipinski definition) is 0. The summed E-state index contributed by atoms with van der Waals surface area (Å²) in [5.41, 5.74) is 0.835. The molecule has 1 aromatic rings. The molecule has 7 heteroatoms. The van der Waals surface area contributed by atoms with Crippen LogP contribution in [0.15, 0.2) is 24.3 Å². The maximum atomic E-state index is 13.4. The molecule has 1 aromatic carbocycles. The van der Waals surface area contributed by atoms with Crippen LogP contribution in [0.2, 0.25) is 0 Å². The van der Waals surface area contributed by atoms with Crippen molar-refractivity contribution in [3.05, 3.63) is 35.6 Å². The highest BCUT2D eigenvalue weighted by Gasteiger charge is 2.49. The van der Waals surface area contributed by atoms with Gasteiger partial charge >= 0.3 is 0 Å². The van der Waals surface area contributed by atoms with Crippen LogP contribution in [0.5, 0.6) is 0 Å². The van der Waals surface area contributed by atoms with Crippen molar-refractivity contribution in [1.29, 1.82) is 0 Å². The van der Waals surface area contributed by atoms with Gasteiger partial charge in [0.1, 0.15) is 5.82 Å². The van der Waals surface area contributed by atoms with Crippen molar-refractivity contribution in [2.75, 3.05) is 24.6 Å². The molecular formula is C18H23FN2O3S. The van der Waals surface area contributed by atoms with Crippen LogP contribution in [0, 0.1) is 11.7 Å². The molecule has 4 rings (SSSR count). The number of nitrogens with zero attached hydrogens (tertiary/aromatic N) is 2. The van der Waals surface area contributed by atoms with E-state index in [1.165, 1.54) is 12.1 Å². The van der Waals surface area contributed by atoms with Crippen molar-refractivity contribution in [2.45, 2.75) is 37.9 Å². The first kappa shape index (κ1) is 17.0. The predicted molar refractivity (Wildman–Crippen MR) is 92.1 cm³/mol. The lowest BCUT2D eigenvalue weighted by atomic mass is 9.83. The molecule has 2 aliphatic heterocycles. The second-order valence-electron chi connectivity index (χ2n) is 7.47. The van der Waals surface area contributed by atoms with E-state index in [2.05, 4.69) is 4.90 Å². The predicted octanol–water partition coefficient (Wildman–Crippen LogP) is 1.44. The highest BCUT2D eigenvalue weighted by atomic mass is 32.2. The molecule has 3 fully saturated rings. The SMILES string of the molecule is O=C(C1CCC1)N1CCN(Cc2cccc(F)c2)[C@H]2CS(=O)(=O)C[C@H]21. The van der Waals surface area contributed by atoms with Crippen LogP contribution < -0.4 is 0 Å². The maximum absolute atomic E-state index is 13.4. The minimum atomic E-state index is -3.15. The lowest BCUT2D eigenvalue weighted by Crippen LogP contribution is -2.61. The normalized spacial score (nSPS) is 29.2. The molecule has 25 heavy (non-hydrogen) atoms. The van der Waals surface area contributed by atoms with Gasteiger partial charge in [-0.1, -0.05) is 18.6 Å². The van der Waals surface area contributed by atoms with Gasteiger partial charge in [-0.05, 0) is 30.5 Å². The van der Waals surface area contributed by atoms with Crippen molar-refractivity contribution < 1.29 is 17.6 Å². The summed E-state index contributed by atoms with van der Waals surface area (Å²) in [6.45, 7) is 1.70. The number of hydrogen-bond acceptors (Lipinski definition) is 4. The quantitative estimate of drug-likeness (QED) is 0.812. The maximum Gasteiger partial charge on any atom is 0.226 e. The van der Waals surface area contributed by atoms with Crippen LogP contribution >= 0.6 is 0 Å². The van der Waals surface area contributed by atoms with Gasteiger partial charge in [-0.3, -0.25) is 9.69 Å². The average Bonchev–Trinajstić information content (AvgIpc) is 2.81. The van der Waals surface area contributed by atoms with E-state index in [-0.39, 0.29) is 41.2 Å². The van der Waals surface area contributed by atoms with Crippen LogP contribution in [0.3, 0.4) is 0 Å². The van der Waals surface area contributed by atoms with Crippen LogP contribution in [-0.4, -0.2) is 60.8 Å². The van der Waals surface area contributed by atoms with Crippen molar-refractivity contribution >= 4 is 15.7 Å². The molecule has 0 unspecified atom stereocenters. The first-order valence-corrected chi connectivity index (χ1v) is 10.7. The molecule has 2 heterocycles. The zero-order chi connectivity index (χ0) is 17.6. The number of rotatable bonds is 3. The molecule has 1 saturated carbocycles. The molecule has 0 bridgehead atoms. The Morgan fingerprint density at radius 2 is 1.92 bits per heavy atom. The van der Waals surface area contributed by atoms with Crippen molar-refractivity contribution in [3.63, 3.8) is 0 Å². The van der Waals surface area contributed by atoms with Gasteiger partial charge in [0.25, 0.3) is 0 Å². The summed E-state index contributed by atoms with van der Waals surface area (Å²) in [4.78, 5) is 16.6. The number of amides is 1. The van der Waals surface area contributed by atoms with E-state index in [1.807, 2.05) is 11.0 Å². The number of sulfone groups is 1. The summed E-state index contributed by atoms with van der Waals surface area (Å²) in [5, 5.41) is 0. The van der Waals surface area contributed by atoms with Crippen molar-refractivity contribution in [1.82, 2.24) is 9.80 Å². The third-order valence-electron chi connectivity index (χ3n) is 5.80. The van der Waals surface area contributed by atoms with E-state index < -0.39 is 9.84 Å². The van der Waals surface area contributed by atoms with E-state index >= 15 is 0 Å². The van der Waals surface area contributed by atoms with E-state index in [0.29, 0.717) is 19.6 Å². The minimum Gasteiger partial charge on any atom is -0.336 e. The van der Waals surface area contributed by atoms with Gasteiger partial charge in [0.05, 0.1) is 17.5 Å². The first-order valence-electron chi connectivity index (χ1n) is 8.92. The molecule has 2 atom stereocenters. The number of carbonyl (C=O) groups excluding carboxylic acids is 1. The van der Waals surface area contributed by atoms with E-state index in [1.54, 1.807) is 6.07 Å². The Bertz CT molecular complexity index is 778. The lowest BCUT2D eigenvalue weighted by Gasteiger charge is -2.45. The van der Waals surface area contributed by atoms with E-state index in [9.17, 15) is 17.6 Å². The van der Waals surface area contributed by atoms with Gasteiger partial charge < -0.3 is 4.90 Å². The number of halogens is 1. The Hall–Kier alpha value is -1.47. The fourth-order valence-electron chi connectivity index (χ4n) is 4.25. The van der Waals surface area contributed by atoms with E-state index in [4.69, 9.17) is 0 Å². The molecule has 3 aliphatic rings. The number of fused-ring (bicyclic) bond motifs is 1. The Morgan fingerprint density at radius 1 is 1.16 bits per heavy atom. The molecule has 1 aliphatic carbocycles. The third-order valence-corrected chi connectivity index (χ3v) is 7.50. The summed E-state index contributed by atoms with van der Waals surface area (Å²) >= 11 is 0. The summed E-state index contributed by atoms with van der Waals surface area (Å²) in [6, 6.07) is 5.97. The first-order chi connectivity index (χ1) is 11.9. The van der Waals surface area contributed by atoms with Crippen LogP contribution in [0.25, 0.3) is 0 Å². The average molecular weight is 366 g/mol. The van der Waals surface area contributed by atoms with Crippen LogP contribution in [0.1, 0.15) is 24.8 Å². The Balaban J connectivity index is 1.55. The van der Waals surface area contributed by atoms with Gasteiger partial charge in [-0.2, -0.15) is 0 Å². The monoisotopic (exact) mass is 366 g/mol. The van der Waals surface area contributed by atoms with Gasteiger partial charge in [-0.15, -0.1) is 0 Å². The zero-order valence-electron chi connectivity index (χ0n) is 14.1.